The number of ketones is 1. The van der Waals surface area contributed by atoms with Gasteiger partial charge in [-0.15, -0.1) is 0 Å². The van der Waals surface area contributed by atoms with Crippen LogP contribution in [-0.2, 0) is 27.3 Å². The van der Waals surface area contributed by atoms with Crippen LogP contribution in [0, 0.1) is 13.8 Å². The van der Waals surface area contributed by atoms with Crippen LogP contribution >= 0.6 is 0 Å². The van der Waals surface area contributed by atoms with Crippen molar-refractivity contribution in [1.29, 1.82) is 0 Å². The zero-order valence-electron chi connectivity index (χ0n) is 33.7. The van der Waals surface area contributed by atoms with Crippen LogP contribution in [-0.4, -0.2) is 108 Å². The van der Waals surface area contributed by atoms with Gasteiger partial charge >= 0.3 is 6.09 Å². The van der Waals surface area contributed by atoms with Crippen LogP contribution in [0.5, 0.6) is 34.5 Å². The molecule has 0 saturated heterocycles. The molecule has 1 aliphatic heterocycles. The fraction of sp³-hybridized carbons (Fsp3) is 0.463. The lowest BCUT2D eigenvalue weighted by atomic mass is 9.86. The van der Waals surface area contributed by atoms with Gasteiger partial charge in [-0.05, 0) is 40.2 Å². The van der Waals surface area contributed by atoms with E-state index in [0.29, 0.717) is 28.7 Å². The van der Waals surface area contributed by atoms with Crippen LogP contribution in [0.4, 0.5) is 4.79 Å². The van der Waals surface area contributed by atoms with Crippen LogP contribution in [0.25, 0.3) is 0 Å². The molecule has 3 aromatic carbocycles. The first-order valence-electron chi connectivity index (χ1n) is 17.6. The molecule has 0 bridgehead atoms. The number of carbonyl (C=O) groups is 4. The second-order valence-corrected chi connectivity index (χ2v) is 14.0. The summed E-state index contributed by atoms with van der Waals surface area (Å²) in [4.78, 5) is 58.7. The summed E-state index contributed by atoms with van der Waals surface area (Å²) < 4.78 is 46.5. The lowest BCUT2D eigenvalue weighted by Gasteiger charge is -2.41. The summed E-state index contributed by atoms with van der Waals surface area (Å²) >= 11 is 0. The minimum atomic E-state index is -1.36. The van der Waals surface area contributed by atoms with E-state index in [0.717, 1.165) is 10.5 Å². The SMILES string of the molecule is COc1c(C)c(OC)c(OC)c(C=O)c1C[C@H](C(=O)N1CC(=O)c2c(OC)c(C)c(OC)c(OC)c2[C@@H]1COCc1ccccc1)N(C)C(=O)OC(C)(C)C. The molecule has 1 heterocycles. The van der Waals surface area contributed by atoms with E-state index in [9.17, 15) is 14.4 Å². The van der Waals surface area contributed by atoms with E-state index in [2.05, 4.69) is 0 Å². The minimum absolute atomic E-state index is 0.0617. The van der Waals surface area contributed by atoms with E-state index >= 15 is 4.79 Å². The number of carbonyl (C=O) groups excluding carboxylic acids is 4. The molecule has 0 saturated carbocycles. The Kier molecular flexibility index (Phi) is 13.6. The average molecular weight is 765 g/mol. The molecular weight excluding hydrogens is 712 g/mol. The number of amides is 2. The summed E-state index contributed by atoms with van der Waals surface area (Å²) in [5.74, 6) is 0.399. The molecule has 0 aliphatic carbocycles. The normalized spacial score (nSPS) is 14.4. The molecule has 1 aliphatic rings. The average Bonchev–Trinajstić information content (AvgIpc) is 3.16. The maximum atomic E-state index is 15.3. The van der Waals surface area contributed by atoms with Gasteiger partial charge in [-0.25, -0.2) is 4.79 Å². The van der Waals surface area contributed by atoms with Gasteiger partial charge in [0, 0.05) is 35.7 Å². The smallest absolute Gasteiger partial charge is 0.410 e. The van der Waals surface area contributed by atoms with Crippen molar-refractivity contribution in [3.63, 3.8) is 0 Å². The third-order valence-corrected chi connectivity index (χ3v) is 9.51. The van der Waals surface area contributed by atoms with E-state index < -0.39 is 42.0 Å². The Hall–Kier alpha value is -5.50. The summed E-state index contributed by atoms with van der Waals surface area (Å²) in [5, 5.41) is 0. The number of nitrogens with zero attached hydrogens (tertiary/aromatic N) is 2. The lowest BCUT2D eigenvalue weighted by Crippen LogP contribution is -2.55. The molecule has 14 heteroatoms. The van der Waals surface area contributed by atoms with E-state index in [1.165, 1.54) is 54.6 Å². The Morgan fingerprint density at radius 1 is 0.836 bits per heavy atom. The van der Waals surface area contributed by atoms with E-state index in [1.54, 1.807) is 34.6 Å². The summed E-state index contributed by atoms with van der Waals surface area (Å²) in [6.45, 7) is 8.29. The zero-order chi connectivity index (χ0) is 40.8. The maximum Gasteiger partial charge on any atom is 0.410 e. The minimum Gasteiger partial charge on any atom is -0.496 e. The first-order chi connectivity index (χ1) is 26.1. The third kappa shape index (κ3) is 8.44. The molecule has 55 heavy (non-hydrogen) atoms. The highest BCUT2D eigenvalue weighted by Crippen LogP contribution is 2.50. The molecule has 4 rings (SSSR count). The molecule has 0 spiro atoms. The molecule has 0 fully saturated rings. The van der Waals surface area contributed by atoms with Crippen LogP contribution in [0.15, 0.2) is 30.3 Å². The largest absolute Gasteiger partial charge is 0.496 e. The van der Waals surface area contributed by atoms with Crippen LogP contribution in [0.2, 0.25) is 0 Å². The van der Waals surface area contributed by atoms with Crippen molar-refractivity contribution in [1.82, 2.24) is 9.80 Å². The highest BCUT2D eigenvalue weighted by molar-refractivity contribution is 6.07. The predicted molar refractivity (Wildman–Crippen MR) is 203 cm³/mol. The molecule has 3 aromatic rings. The first-order valence-corrected chi connectivity index (χ1v) is 17.6. The number of hydrogen-bond donors (Lipinski definition) is 0. The summed E-state index contributed by atoms with van der Waals surface area (Å²) in [5.41, 5.74) is 1.90. The molecule has 298 valence electrons. The topological polar surface area (TPSA) is 149 Å². The Labute approximate surface area is 322 Å². The number of Topliss-reactive ketones (excluding diaryl/α,β-unsaturated/α-hetero) is 1. The highest BCUT2D eigenvalue weighted by Gasteiger charge is 2.45. The van der Waals surface area contributed by atoms with Gasteiger partial charge in [0.25, 0.3) is 0 Å². The number of aldehydes is 1. The predicted octanol–water partition coefficient (Wildman–Crippen LogP) is 5.93. The van der Waals surface area contributed by atoms with Crippen molar-refractivity contribution in [2.45, 2.75) is 65.3 Å². The van der Waals surface area contributed by atoms with Crippen LogP contribution in [0.1, 0.15) is 75.3 Å². The van der Waals surface area contributed by atoms with Gasteiger partial charge in [-0.2, -0.15) is 0 Å². The molecule has 2 atom stereocenters. The Bertz CT molecular complexity index is 1900. The Morgan fingerprint density at radius 3 is 1.91 bits per heavy atom. The fourth-order valence-corrected chi connectivity index (χ4v) is 7.05. The zero-order valence-corrected chi connectivity index (χ0v) is 33.7. The Balaban J connectivity index is 1.98. The van der Waals surface area contributed by atoms with Gasteiger partial charge < -0.3 is 42.8 Å². The molecule has 0 radical (unpaired) electrons. The molecule has 0 unspecified atom stereocenters. The number of benzene rings is 3. The van der Waals surface area contributed by atoms with Crippen LogP contribution in [0.3, 0.4) is 0 Å². The monoisotopic (exact) mass is 764 g/mol. The first kappa shape index (κ1) is 42.2. The quantitative estimate of drug-likeness (QED) is 0.169. The van der Waals surface area contributed by atoms with Crippen molar-refractivity contribution in [2.75, 3.05) is 62.9 Å². The third-order valence-electron chi connectivity index (χ3n) is 9.51. The van der Waals surface area contributed by atoms with Crippen molar-refractivity contribution < 1.29 is 57.1 Å². The van der Waals surface area contributed by atoms with Gasteiger partial charge in [0.05, 0.1) is 79.6 Å². The Morgan fingerprint density at radius 2 is 1.38 bits per heavy atom. The van der Waals surface area contributed by atoms with Gasteiger partial charge in [0.2, 0.25) is 5.91 Å². The number of hydrogen-bond acceptors (Lipinski definition) is 12. The summed E-state index contributed by atoms with van der Waals surface area (Å²) in [6, 6.07) is 7.19. The second kappa shape index (κ2) is 17.8. The van der Waals surface area contributed by atoms with Crippen molar-refractivity contribution >= 4 is 24.1 Å². The highest BCUT2D eigenvalue weighted by atomic mass is 16.6. The van der Waals surface area contributed by atoms with Crippen molar-refractivity contribution in [3.05, 3.63) is 69.3 Å². The van der Waals surface area contributed by atoms with Gasteiger partial charge in [-0.1, -0.05) is 30.3 Å². The lowest BCUT2D eigenvalue weighted by molar-refractivity contribution is -0.140. The van der Waals surface area contributed by atoms with Gasteiger partial charge in [0.1, 0.15) is 23.1 Å². The van der Waals surface area contributed by atoms with Gasteiger partial charge in [0.15, 0.2) is 35.1 Å². The summed E-state index contributed by atoms with van der Waals surface area (Å²) in [6.07, 6.45) is -0.480. The standard InChI is InChI=1S/C41H52N2O12/c1-23-33(48-7)26(27(20-44)37(52-11)35(23)50-9)18-28(42(6)40(47)55-41(3,4)5)39(46)43-19-30(45)32-31(29(43)22-54-21-25-16-14-13-15-17-25)38(53-12)36(51-10)24(2)34(32)49-8/h13-17,20,28-29H,18-19,21-22H2,1-12H3/t28-,29+/m1/s1. The number of fused-ring (bicyclic) bond motifs is 1. The van der Waals surface area contributed by atoms with Crippen molar-refractivity contribution in [2.24, 2.45) is 0 Å². The summed E-state index contributed by atoms with van der Waals surface area (Å²) in [7, 11) is 10.1. The molecule has 0 aromatic heterocycles. The number of methoxy groups -OCH3 is 6. The molecule has 14 nitrogen and oxygen atoms in total. The van der Waals surface area contributed by atoms with Gasteiger partial charge in [-0.3, -0.25) is 19.3 Å². The van der Waals surface area contributed by atoms with E-state index in [1.807, 2.05) is 30.3 Å². The maximum absolute atomic E-state index is 15.3. The molecular formula is C41H52N2O12. The molecule has 0 N–H and O–H groups in total. The number of likely N-dealkylation sites (N-methyl/N-ethyl adjacent to an activating group) is 1. The number of ether oxygens (including phenoxy) is 8. The fourth-order valence-electron chi connectivity index (χ4n) is 7.05. The second-order valence-electron chi connectivity index (χ2n) is 14.0. The van der Waals surface area contributed by atoms with Crippen molar-refractivity contribution in [3.8, 4) is 34.5 Å². The molecule has 2 amide bonds. The number of rotatable bonds is 15. The van der Waals surface area contributed by atoms with Crippen LogP contribution < -0.4 is 28.4 Å². The van der Waals surface area contributed by atoms with E-state index in [-0.39, 0.29) is 65.1 Å². The van der Waals surface area contributed by atoms with E-state index in [4.69, 9.17) is 37.9 Å².